The minimum atomic E-state index is -3.51. The van der Waals surface area contributed by atoms with Crippen LogP contribution in [0.4, 0.5) is 5.69 Å². The minimum Gasteiger partial charge on any atom is -0.387 e. The second-order valence-electron chi connectivity index (χ2n) is 4.24. The van der Waals surface area contributed by atoms with Gasteiger partial charge in [-0.15, -0.1) is 11.3 Å². The predicted octanol–water partition coefficient (Wildman–Crippen LogP) is 3.37. The number of para-hydroxylation sites is 1. The lowest BCUT2D eigenvalue weighted by Crippen LogP contribution is -2.26. The number of anilines is 1. The van der Waals surface area contributed by atoms with Crippen molar-refractivity contribution in [2.75, 3.05) is 19.4 Å². The molecule has 0 amide bonds. The molecule has 0 saturated heterocycles. The third-order valence-corrected chi connectivity index (χ3v) is 6.39. The fraction of sp³-hybridized carbons (Fsp3) is 0.231. The maximum absolute atomic E-state index is 12.6. The SMILES string of the molecule is CNc1ccccc1S(=O)(=O)N(C)Cc1cc(Br)cs1. The largest absolute Gasteiger partial charge is 0.387 e. The Morgan fingerprint density at radius 2 is 2.05 bits per heavy atom. The van der Waals surface area contributed by atoms with Gasteiger partial charge in [-0.05, 0) is 34.1 Å². The second-order valence-corrected chi connectivity index (χ2v) is 8.16. The third kappa shape index (κ3) is 3.22. The summed E-state index contributed by atoms with van der Waals surface area (Å²) in [5.74, 6) is 0. The molecule has 0 bridgehead atoms. The molecule has 0 aliphatic heterocycles. The van der Waals surface area contributed by atoms with Gasteiger partial charge in [0.15, 0.2) is 0 Å². The molecular weight excluding hydrogens is 360 g/mol. The summed E-state index contributed by atoms with van der Waals surface area (Å²) >= 11 is 4.90. The van der Waals surface area contributed by atoms with Gasteiger partial charge in [0.05, 0.1) is 5.69 Å². The summed E-state index contributed by atoms with van der Waals surface area (Å²) in [6, 6.07) is 8.83. The average molecular weight is 375 g/mol. The van der Waals surface area contributed by atoms with Gasteiger partial charge in [0.1, 0.15) is 4.90 Å². The summed E-state index contributed by atoms with van der Waals surface area (Å²) in [6.07, 6.45) is 0. The molecule has 2 rings (SSSR count). The number of thiophene rings is 1. The molecule has 1 aromatic carbocycles. The summed E-state index contributed by atoms with van der Waals surface area (Å²) in [5.41, 5.74) is 0.603. The van der Waals surface area contributed by atoms with Crippen molar-refractivity contribution in [3.8, 4) is 0 Å². The number of halogens is 1. The summed E-state index contributed by atoms with van der Waals surface area (Å²) in [4.78, 5) is 1.28. The number of benzene rings is 1. The lowest BCUT2D eigenvalue weighted by atomic mass is 10.3. The number of nitrogens with zero attached hydrogens (tertiary/aromatic N) is 1. The van der Waals surface area contributed by atoms with Crippen LogP contribution in [-0.4, -0.2) is 26.8 Å². The molecule has 1 N–H and O–H groups in total. The first-order valence-electron chi connectivity index (χ1n) is 5.91. The van der Waals surface area contributed by atoms with Crippen LogP contribution in [0, 0.1) is 0 Å². The quantitative estimate of drug-likeness (QED) is 0.872. The number of nitrogens with one attached hydrogen (secondary N) is 1. The fourth-order valence-corrected chi connectivity index (χ4v) is 4.74. The van der Waals surface area contributed by atoms with E-state index in [1.807, 2.05) is 11.4 Å². The Morgan fingerprint density at radius 3 is 2.65 bits per heavy atom. The van der Waals surface area contributed by atoms with Gasteiger partial charge >= 0.3 is 0 Å². The van der Waals surface area contributed by atoms with E-state index in [1.165, 1.54) is 15.6 Å². The van der Waals surface area contributed by atoms with E-state index < -0.39 is 10.0 Å². The second kappa shape index (κ2) is 6.26. The Bertz CT molecular complexity index is 698. The molecule has 0 radical (unpaired) electrons. The van der Waals surface area contributed by atoms with Gasteiger partial charge in [0.2, 0.25) is 10.0 Å². The Labute approximate surface area is 131 Å². The highest BCUT2D eigenvalue weighted by Gasteiger charge is 2.23. The van der Waals surface area contributed by atoms with E-state index in [1.54, 1.807) is 38.4 Å². The molecule has 0 saturated carbocycles. The van der Waals surface area contributed by atoms with E-state index in [2.05, 4.69) is 21.2 Å². The van der Waals surface area contributed by atoms with Crippen LogP contribution in [0.15, 0.2) is 45.1 Å². The molecular formula is C13H15BrN2O2S2. The van der Waals surface area contributed by atoms with Gasteiger partial charge in [0, 0.05) is 35.4 Å². The number of hydrogen-bond acceptors (Lipinski definition) is 4. The summed E-state index contributed by atoms with van der Waals surface area (Å²) < 4.78 is 27.5. The molecule has 1 aromatic heterocycles. The van der Waals surface area contributed by atoms with Gasteiger partial charge in [0.25, 0.3) is 0 Å². The first kappa shape index (κ1) is 15.5. The fourth-order valence-electron chi connectivity index (χ4n) is 1.81. The van der Waals surface area contributed by atoms with Crippen LogP contribution >= 0.6 is 27.3 Å². The maximum Gasteiger partial charge on any atom is 0.245 e. The van der Waals surface area contributed by atoms with Gasteiger partial charge in [-0.25, -0.2) is 8.42 Å². The van der Waals surface area contributed by atoms with Crippen LogP contribution in [0.1, 0.15) is 4.88 Å². The van der Waals surface area contributed by atoms with Crippen LogP contribution in [0.2, 0.25) is 0 Å². The van der Waals surface area contributed by atoms with Crippen molar-refractivity contribution in [3.05, 3.63) is 45.1 Å². The van der Waals surface area contributed by atoms with Gasteiger partial charge in [-0.3, -0.25) is 0 Å². The molecule has 2 aromatic rings. The Hall–Kier alpha value is -0.890. The lowest BCUT2D eigenvalue weighted by Gasteiger charge is -2.18. The summed E-state index contributed by atoms with van der Waals surface area (Å²) in [6.45, 7) is 0.358. The molecule has 20 heavy (non-hydrogen) atoms. The van der Waals surface area contributed by atoms with E-state index in [0.717, 1.165) is 9.35 Å². The first-order chi connectivity index (χ1) is 9.45. The van der Waals surface area contributed by atoms with Crippen molar-refractivity contribution >= 4 is 43.0 Å². The van der Waals surface area contributed by atoms with Crippen molar-refractivity contribution in [2.45, 2.75) is 11.4 Å². The average Bonchev–Trinajstić information content (AvgIpc) is 2.84. The number of sulfonamides is 1. The Balaban J connectivity index is 2.29. The lowest BCUT2D eigenvalue weighted by molar-refractivity contribution is 0.470. The topological polar surface area (TPSA) is 49.4 Å². The van der Waals surface area contributed by atoms with E-state index in [9.17, 15) is 8.42 Å². The molecule has 0 spiro atoms. The van der Waals surface area contributed by atoms with Crippen LogP contribution < -0.4 is 5.32 Å². The number of rotatable bonds is 5. The molecule has 0 fully saturated rings. The van der Waals surface area contributed by atoms with Crippen molar-refractivity contribution in [2.24, 2.45) is 0 Å². The van der Waals surface area contributed by atoms with Gasteiger partial charge in [-0.2, -0.15) is 4.31 Å². The van der Waals surface area contributed by atoms with Gasteiger partial charge < -0.3 is 5.32 Å². The van der Waals surface area contributed by atoms with Crippen molar-refractivity contribution < 1.29 is 8.42 Å². The monoisotopic (exact) mass is 374 g/mol. The summed E-state index contributed by atoms with van der Waals surface area (Å²) in [7, 11) is -0.203. The van der Waals surface area contributed by atoms with Crippen molar-refractivity contribution in [1.82, 2.24) is 4.31 Å². The molecule has 0 aliphatic rings. The molecule has 4 nitrogen and oxygen atoms in total. The minimum absolute atomic E-state index is 0.292. The number of hydrogen-bond donors (Lipinski definition) is 1. The normalized spacial score (nSPS) is 11.8. The Morgan fingerprint density at radius 1 is 1.35 bits per heavy atom. The standard InChI is InChI=1S/C13H15BrN2O2S2/c1-15-12-5-3-4-6-13(12)20(17,18)16(2)8-11-7-10(14)9-19-11/h3-7,9,15H,8H2,1-2H3. The first-order valence-corrected chi connectivity index (χ1v) is 9.02. The van der Waals surface area contributed by atoms with Crippen LogP contribution in [0.3, 0.4) is 0 Å². The molecule has 0 aliphatic carbocycles. The van der Waals surface area contributed by atoms with Crippen LogP contribution in [0.5, 0.6) is 0 Å². The smallest absolute Gasteiger partial charge is 0.245 e. The Kier molecular flexibility index (Phi) is 4.85. The van der Waals surface area contributed by atoms with Crippen molar-refractivity contribution in [3.63, 3.8) is 0 Å². The van der Waals surface area contributed by atoms with E-state index in [-0.39, 0.29) is 0 Å². The maximum atomic E-state index is 12.6. The highest BCUT2D eigenvalue weighted by molar-refractivity contribution is 9.10. The van der Waals surface area contributed by atoms with E-state index in [4.69, 9.17) is 0 Å². The van der Waals surface area contributed by atoms with Crippen LogP contribution in [0.25, 0.3) is 0 Å². The zero-order valence-corrected chi connectivity index (χ0v) is 14.3. The molecule has 0 unspecified atom stereocenters. The molecule has 0 atom stereocenters. The molecule has 1 heterocycles. The predicted molar refractivity (Wildman–Crippen MR) is 86.7 cm³/mol. The van der Waals surface area contributed by atoms with Crippen molar-refractivity contribution in [1.29, 1.82) is 0 Å². The zero-order chi connectivity index (χ0) is 14.8. The van der Waals surface area contributed by atoms with E-state index >= 15 is 0 Å². The third-order valence-electron chi connectivity index (χ3n) is 2.84. The molecule has 108 valence electrons. The highest BCUT2D eigenvalue weighted by Crippen LogP contribution is 2.26. The van der Waals surface area contributed by atoms with Crippen LogP contribution in [-0.2, 0) is 16.6 Å². The zero-order valence-electron chi connectivity index (χ0n) is 11.1. The van der Waals surface area contributed by atoms with E-state index in [0.29, 0.717) is 17.1 Å². The highest BCUT2D eigenvalue weighted by atomic mass is 79.9. The van der Waals surface area contributed by atoms with Gasteiger partial charge in [-0.1, -0.05) is 12.1 Å². The summed E-state index contributed by atoms with van der Waals surface area (Å²) in [5, 5.41) is 4.86. The molecule has 7 heteroatoms.